The van der Waals surface area contributed by atoms with Crippen LogP contribution >= 0.6 is 0 Å². The zero-order valence-corrected chi connectivity index (χ0v) is 9.93. The normalized spacial score (nSPS) is 9.67. The number of hydrogen-bond donors (Lipinski definition) is 1. The Bertz CT molecular complexity index is 491. The minimum absolute atomic E-state index is 0.0980. The van der Waals surface area contributed by atoms with E-state index in [4.69, 9.17) is 0 Å². The summed E-state index contributed by atoms with van der Waals surface area (Å²) >= 11 is 0. The molecular formula is C12H12O6. The number of ether oxygens (including phenoxy) is 2. The highest BCUT2D eigenvalue weighted by Gasteiger charge is 2.16. The minimum Gasteiger partial charge on any atom is -0.507 e. The highest BCUT2D eigenvalue weighted by atomic mass is 16.5. The van der Waals surface area contributed by atoms with E-state index >= 15 is 0 Å². The lowest BCUT2D eigenvalue weighted by Gasteiger charge is -2.06. The molecule has 0 aliphatic carbocycles. The largest absolute Gasteiger partial charge is 0.507 e. The van der Waals surface area contributed by atoms with Crippen molar-refractivity contribution in [3.63, 3.8) is 0 Å². The lowest BCUT2D eigenvalue weighted by Crippen LogP contribution is -2.13. The molecule has 0 radical (unpaired) electrons. The molecule has 1 aromatic rings. The van der Waals surface area contributed by atoms with Crippen molar-refractivity contribution in [2.45, 2.75) is 6.92 Å². The van der Waals surface area contributed by atoms with Crippen molar-refractivity contribution in [2.24, 2.45) is 0 Å². The number of carbonyl (C=O) groups is 3. The Morgan fingerprint density at radius 3 is 2.50 bits per heavy atom. The van der Waals surface area contributed by atoms with Crippen LogP contribution in [0.4, 0.5) is 0 Å². The van der Waals surface area contributed by atoms with Gasteiger partial charge in [-0.05, 0) is 18.2 Å². The first kappa shape index (κ1) is 13.7. The second-order valence-electron chi connectivity index (χ2n) is 3.43. The van der Waals surface area contributed by atoms with E-state index in [-0.39, 0.29) is 16.9 Å². The molecule has 0 saturated carbocycles. The summed E-state index contributed by atoms with van der Waals surface area (Å²) in [6, 6.07) is 3.71. The third-order valence-corrected chi connectivity index (χ3v) is 2.12. The fourth-order valence-electron chi connectivity index (χ4n) is 1.25. The van der Waals surface area contributed by atoms with Crippen molar-refractivity contribution in [2.75, 3.05) is 13.7 Å². The van der Waals surface area contributed by atoms with Gasteiger partial charge in [-0.2, -0.15) is 0 Å². The van der Waals surface area contributed by atoms with Gasteiger partial charge in [-0.25, -0.2) is 4.79 Å². The number of Topliss-reactive ketones (excluding diaryl/α,β-unsaturated/α-hetero) is 1. The molecule has 18 heavy (non-hydrogen) atoms. The van der Waals surface area contributed by atoms with E-state index in [0.717, 1.165) is 6.92 Å². The van der Waals surface area contributed by atoms with E-state index in [1.54, 1.807) is 0 Å². The van der Waals surface area contributed by atoms with Crippen molar-refractivity contribution in [3.05, 3.63) is 29.3 Å². The molecule has 0 saturated heterocycles. The standard InChI is InChI=1S/C12H12O6/c1-7(13)18-6-11(15)9-5-8(12(16)17-2)3-4-10(9)14/h3-5,14H,6H2,1-2H3. The Balaban J connectivity index is 2.96. The summed E-state index contributed by atoms with van der Waals surface area (Å²) in [4.78, 5) is 33.5. The van der Waals surface area contributed by atoms with Crippen molar-refractivity contribution < 1.29 is 29.0 Å². The number of esters is 2. The molecule has 1 N–H and O–H groups in total. The van der Waals surface area contributed by atoms with Gasteiger partial charge < -0.3 is 14.6 Å². The number of ketones is 1. The molecule has 0 aromatic heterocycles. The smallest absolute Gasteiger partial charge is 0.337 e. The molecule has 0 heterocycles. The van der Waals surface area contributed by atoms with E-state index < -0.39 is 24.3 Å². The van der Waals surface area contributed by atoms with Crippen LogP contribution in [0.15, 0.2) is 18.2 Å². The van der Waals surface area contributed by atoms with Crippen LogP contribution in [0, 0.1) is 0 Å². The monoisotopic (exact) mass is 252 g/mol. The number of rotatable bonds is 4. The number of aromatic hydroxyl groups is 1. The predicted octanol–water partition coefficient (Wildman–Crippen LogP) is 0.925. The maximum Gasteiger partial charge on any atom is 0.337 e. The number of benzene rings is 1. The predicted molar refractivity (Wildman–Crippen MR) is 60.4 cm³/mol. The van der Waals surface area contributed by atoms with Crippen LogP contribution in [0.3, 0.4) is 0 Å². The van der Waals surface area contributed by atoms with Gasteiger partial charge in [0.05, 0.1) is 18.2 Å². The maximum atomic E-state index is 11.6. The van der Waals surface area contributed by atoms with Crippen molar-refractivity contribution in [1.29, 1.82) is 0 Å². The zero-order chi connectivity index (χ0) is 13.7. The topological polar surface area (TPSA) is 89.9 Å². The molecule has 1 rings (SSSR count). The molecule has 6 nitrogen and oxygen atoms in total. The fourth-order valence-corrected chi connectivity index (χ4v) is 1.25. The van der Waals surface area contributed by atoms with Gasteiger partial charge in [-0.15, -0.1) is 0 Å². The summed E-state index contributed by atoms with van der Waals surface area (Å²) in [7, 11) is 1.20. The van der Waals surface area contributed by atoms with E-state index in [1.165, 1.54) is 25.3 Å². The van der Waals surface area contributed by atoms with Crippen LogP contribution in [0.1, 0.15) is 27.6 Å². The van der Waals surface area contributed by atoms with Gasteiger partial charge in [0.2, 0.25) is 5.78 Å². The number of phenolic OH excluding ortho intramolecular Hbond substituents is 1. The molecule has 96 valence electrons. The Morgan fingerprint density at radius 1 is 1.28 bits per heavy atom. The van der Waals surface area contributed by atoms with Gasteiger partial charge >= 0.3 is 11.9 Å². The SMILES string of the molecule is COC(=O)c1ccc(O)c(C(=O)COC(C)=O)c1. The third-order valence-electron chi connectivity index (χ3n) is 2.12. The molecule has 0 atom stereocenters. The van der Waals surface area contributed by atoms with E-state index in [2.05, 4.69) is 9.47 Å². The van der Waals surface area contributed by atoms with Gasteiger partial charge in [0.1, 0.15) is 5.75 Å². The first-order chi connectivity index (χ1) is 8.45. The van der Waals surface area contributed by atoms with Crippen LogP contribution in [-0.4, -0.2) is 36.5 Å². The molecule has 0 spiro atoms. The van der Waals surface area contributed by atoms with Crippen molar-refractivity contribution in [1.82, 2.24) is 0 Å². The summed E-state index contributed by atoms with van der Waals surface area (Å²) in [5.74, 6) is -2.13. The minimum atomic E-state index is -0.628. The first-order valence-corrected chi connectivity index (χ1v) is 5.03. The molecule has 0 aliphatic heterocycles. The third kappa shape index (κ3) is 3.31. The summed E-state index contributed by atoms with van der Waals surface area (Å²) < 4.78 is 9.02. The fraction of sp³-hybridized carbons (Fsp3) is 0.250. The Labute approximate surface area is 103 Å². The van der Waals surface area contributed by atoms with Gasteiger partial charge in [0, 0.05) is 6.92 Å². The number of carbonyl (C=O) groups excluding carboxylic acids is 3. The maximum absolute atomic E-state index is 11.6. The Hall–Kier alpha value is -2.37. The molecule has 0 amide bonds. The highest BCUT2D eigenvalue weighted by Crippen LogP contribution is 2.19. The summed E-state index contributed by atoms with van der Waals surface area (Å²) in [6.45, 7) is 0.672. The lowest BCUT2D eigenvalue weighted by atomic mass is 10.1. The van der Waals surface area contributed by atoms with Gasteiger partial charge in [-0.3, -0.25) is 9.59 Å². The summed E-state index contributed by atoms with van der Waals surface area (Å²) in [5.41, 5.74) is 0.0284. The van der Waals surface area contributed by atoms with Crippen LogP contribution in [0.5, 0.6) is 5.75 Å². The second kappa shape index (κ2) is 5.81. The Morgan fingerprint density at radius 2 is 1.94 bits per heavy atom. The quantitative estimate of drug-likeness (QED) is 0.633. The van der Waals surface area contributed by atoms with Gasteiger partial charge in [-0.1, -0.05) is 0 Å². The van der Waals surface area contributed by atoms with E-state index in [9.17, 15) is 19.5 Å². The van der Waals surface area contributed by atoms with Crippen molar-refractivity contribution >= 4 is 17.7 Å². The molecule has 1 aromatic carbocycles. The van der Waals surface area contributed by atoms with Crippen LogP contribution in [0.25, 0.3) is 0 Å². The Kier molecular flexibility index (Phi) is 4.42. The van der Waals surface area contributed by atoms with Gasteiger partial charge in [0.15, 0.2) is 6.61 Å². The average molecular weight is 252 g/mol. The van der Waals surface area contributed by atoms with Crippen LogP contribution in [-0.2, 0) is 14.3 Å². The van der Waals surface area contributed by atoms with Crippen LogP contribution in [0.2, 0.25) is 0 Å². The van der Waals surface area contributed by atoms with E-state index in [0.29, 0.717) is 0 Å². The lowest BCUT2D eigenvalue weighted by molar-refractivity contribution is -0.139. The first-order valence-electron chi connectivity index (χ1n) is 5.03. The molecule has 0 fully saturated rings. The zero-order valence-electron chi connectivity index (χ0n) is 9.93. The number of phenols is 1. The average Bonchev–Trinajstić information content (AvgIpc) is 2.35. The van der Waals surface area contributed by atoms with Gasteiger partial charge in [0.25, 0.3) is 0 Å². The van der Waals surface area contributed by atoms with Crippen molar-refractivity contribution in [3.8, 4) is 5.75 Å². The molecular weight excluding hydrogens is 240 g/mol. The molecule has 6 heteroatoms. The molecule has 0 aliphatic rings. The highest BCUT2D eigenvalue weighted by molar-refractivity contribution is 6.02. The summed E-state index contributed by atoms with van der Waals surface area (Å²) in [5, 5.41) is 9.51. The molecule has 0 unspecified atom stereocenters. The van der Waals surface area contributed by atoms with Crippen LogP contribution < -0.4 is 0 Å². The number of methoxy groups -OCH3 is 1. The number of hydrogen-bond acceptors (Lipinski definition) is 6. The summed E-state index contributed by atoms with van der Waals surface area (Å²) in [6.07, 6.45) is 0. The second-order valence-corrected chi connectivity index (χ2v) is 3.43. The molecule has 0 bridgehead atoms. The van der Waals surface area contributed by atoms with E-state index in [1.807, 2.05) is 0 Å².